The van der Waals surface area contributed by atoms with Crippen molar-refractivity contribution in [2.24, 2.45) is 0 Å². The Hall–Kier alpha value is -2.04. The topological polar surface area (TPSA) is 79.0 Å². The van der Waals surface area contributed by atoms with E-state index in [1.807, 2.05) is 0 Å². The van der Waals surface area contributed by atoms with Gasteiger partial charge in [-0.2, -0.15) is 4.31 Å². The second-order valence-electron chi connectivity index (χ2n) is 7.48. The van der Waals surface area contributed by atoms with Gasteiger partial charge in [0.2, 0.25) is 15.9 Å². The van der Waals surface area contributed by atoms with Gasteiger partial charge in [0.05, 0.1) is 24.7 Å². The van der Waals surface area contributed by atoms with Gasteiger partial charge in [-0.25, -0.2) is 12.8 Å². The molecule has 0 saturated carbocycles. The number of nitrogens with one attached hydrogen (secondary N) is 1. The van der Waals surface area contributed by atoms with Gasteiger partial charge >= 0.3 is 0 Å². The average molecular weight is 484 g/mol. The molecule has 10 heteroatoms. The van der Waals surface area contributed by atoms with Crippen LogP contribution < -0.4 is 5.32 Å². The van der Waals surface area contributed by atoms with Gasteiger partial charge in [0.15, 0.2) is 0 Å². The van der Waals surface area contributed by atoms with E-state index < -0.39 is 28.3 Å². The molecule has 0 bridgehead atoms. The van der Waals surface area contributed by atoms with Crippen LogP contribution in [0.3, 0.4) is 0 Å². The molecule has 1 saturated heterocycles. The Morgan fingerprint density at radius 1 is 1.12 bits per heavy atom. The molecule has 0 spiro atoms. The van der Waals surface area contributed by atoms with Crippen LogP contribution in [0.1, 0.15) is 12.0 Å². The number of carbonyl (C=O) groups excluding carboxylic acids is 1. The Labute approximate surface area is 193 Å². The highest BCUT2D eigenvalue weighted by atomic mass is 35.5. The molecule has 1 aliphatic rings. The second kappa shape index (κ2) is 11.7. The molecule has 0 aromatic heterocycles. The van der Waals surface area contributed by atoms with Crippen LogP contribution >= 0.6 is 11.6 Å². The normalized spacial score (nSPS) is 15.1. The van der Waals surface area contributed by atoms with Crippen LogP contribution in [-0.2, 0) is 26.1 Å². The molecule has 32 heavy (non-hydrogen) atoms. The summed E-state index contributed by atoms with van der Waals surface area (Å²) in [6.07, 6.45) is 0.739. The second-order valence-corrected chi connectivity index (χ2v) is 9.85. The molecule has 1 aliphatic heterocycles. The number of hydrogen-bond acceptors (Lipinski definition) is 5. The van der Waals surface area contributed by atoms with E-state index in [9.17, 15) is 17.6 Å². The van der Waals surface area contributed by atoms with E-state index >= 15 is 0 Å². The molecule has 1 heterocycles. The number of sulfonamides is 1. The first kappa shape index (κ1) is 24.6. The van der Waals surface area contributed by atoms with Crippen molar-refractivity contribution in [3.8, 4) is 0 Å². The molecule has 7 nitrogen and oxygen atoms in total. The third-order valence-electron chi connectivity index (χ3n) is 5.15. The molecule has 0 radical (unpaired) electrons. The van der Waals surface area contributed by atoms with Crippen molar-refractivity contribution in [2.75, 3.05) is 45.9 Å². The third-order valence-corrected chi connectivity index (χ3v) is 7.21. The third kappa shape index (κ3) is 6.98. The van der Waals surface area contributed by atoms with Gasteiger partial charge in [-0.05, 0) is 43.3 Å². The first-order chi connectivity index (χ1) is 15.4. The van der Waals surface area contributed by atoms with Crippen molar-refractivity contribution in [2.45, 2.75) is 17.9 Å². The lowest BCUT2D eigenvalue weighted by Gasteiger charge is -2.26. The lowest BCUT2D eigenvalue weighted by atomic mass is 10.2. The number of benzene rings is 2. The van der Waals surface area contributed by atoms with Crippen LogP contribution in [0.5, 0.6) is 0 Å². The van der Waals surface area contributed by atoms with E-state index in [4.69, 9.17) is 16.3 Å². The number of halogens is 2. The minimum atomic E-state index is -4.05. The Balaban J connectivity index is 1.65. The van der Waals surface area contributed by atoms with Crippen LogP contribution in [0.25, 0.3) is 0 Å². The van der Waals surface area contributed by atoms with Crippen LogP contribution in [0.15, 0.2) is 53.4 Å². The minimum Gasteiger partial charge on any atom is -0.379 e. The number of amides is 1. The van der Waals surface area contributed by atoms with Crippen molar-refractivity contribution >= 4 is 27.5 Å². The highest BCUT2D eigenvalue weighted by molar-refractivity contribution is 7.89. The molecule has 0 unspecified atom stereocenters. The average Bonchev–Trinajstić information content (AvgIpc) is 2.78. The van der Waals surface area contributed by atoms with Crippen LogP contribution in [-0.4, -0.2) is 69.5 Å². The smallest absolute Gasteiger partial charge is 0.243 e. The van der Waals surface area contributed by atoms with Gasteiger partial charge in [0.1, 0.15) is 5.82 Å². The van der Waals surface area contributed by atoms with Crippen molar-refractivity contribution in [1.29, 1.82) is 0 Å². The summed E-state index contributed by atoms with van der Waals surface area (Å²) in [4.78, 5) is 14.8. The van der Waals surface area contributed by atoms with E-state index in [2.05, 4.69) is 10.2 Å². The number of carbonyl (C=O) groups is 1. The molecular weight excluding hydrogens is 457 g/mol. The zero-order valence-corrected chi connectivity index (χ0v) is 19.2. The molecule has 1 amide bonds. The molecule has 0 aliphatic carbocycles. The molecule has 1 fully saturated rings. The van der Waals surface area contributed by atoms with E-state index in [0.29, 0.717) is 24.8 Å². The van der Waals surface area contributed by atoms with Crippen LogP contribution in [0.4, 0.5) is 4.39 Å². The van der Waals surface area contributed by atoms with Gasteiger partial charge in [-0.15, -0.1) is 0 Å². The van der Waals surface area contributed by atoms with Crippen LogP contribution in [0.2, 0.25) is 5.02 Å². The van der Waals surface area contributed by atoms with Crippen LogP contribution in [0, 0.1) is 5.82 Å². The largest absolute Gasteiger partial charge is 0.379 e. The fourth-order valence-electron chi connectivity index (χ4n) is 3.37. The summed E-state index contributed by atoms with van der Waals surface area (Å²) in [6.45, 7) is 3.71. The predicted octanol–water partition coefficient (Wildman–Crippen LogP) is 2.51. The van der Waals surface area contributed by atoms with Gasteiger partial charge < -0.3 is 10.1 Å². The first-order valence-corrected chi connectivity index (χ1v) is 12.2. The van der Waals surface area contributed by atoms with E-state index in [1.165, 1.54) is 42.5 Å². The maximum absolute atomic E-state index is 14.2. The number of nitrogens with zero attached hydrogens (tertiary/aromatic N) is 2. The summed E-state index contributed by atoms with van der Waals surface area (Å²) < 4.78 is 46.9. The van der Waals surface area contributed by atoms with Gasteiger partial charge in [0, 0.05) is 36.8 Å². The van der Waals surface area contributed by atoms with Crippen molar-refractivity contribution in [3.05, 3.63) is 64.9 Å². The Bertz CT molecular complexity index is 998. The highest BCUT2D eigenvalue weighted by Gasteiger charge is 2.27. The monoisotopic (exact) mass is 483 g/mol. The summed E-state index contributed by atoms with van der Waals surface area (Å²) >= 11 is 5.87. The zero-order valence-electron chi connectivity index (χ0n) is 17.7. The Morgan fingerprint density at radius 3 is 2.50 bits per heavy atom. The van der Waals surface area contributed by atoms with Crippen molar-refractivity contribution in [1.82, 2.24) is 14.5 Å². The lowest BCUT2D eigenvalue weighted by Crippen LogP contribution is -2.42. The van der Waals surface area contributed by atoms with E-state index in [1.54, 1.807) is 6.07 Å². The highest BCUT2D eigenvalue weighted by Crippen LogP contribution is 2.21. The molecule has 1 N–H and O–H groups in total. The SMILES string of the molecule is O=C(CN(Cc1ccccc1F)S(=O)(=O)c1ccc(Cl)cc1)NCCCN1CCOCC1. The fraction of sp³-hybridized carbons (Fsp3) is 0.409. The molecular formula is C22H27ClFN3O4S. The van der Waals surface area contributed by atoms with E-state index in [-0.39, 0.29) is 17.0 Å². The summed E-state index contributed by atoms with van der Waals surface area (Å²) in [7, 11) is -4.05. The van der Waals surface area contributed by atoms with Crippen molar-refractivity contribution in [3.63, 3.8) is 0 Å². The van der Waals surface area contributed by atoms with Gasteiger partial charge in [-0.3, -0.25) is 9.69 Å². The molecule has 3 rings (SSSR count). The van der Waals surface area contributed by atoms with E-state index in [0.717, 1.165) is 30.4 Å². The van der Waals surface area contributed by atoms with Gasteiger partial charge in [-0.1, -0.05) is 29.8 Å². The first-order valence-electron chi connectivity index (χ1n) is 10.4. The summed E-state index contributed by atoms with van der Waals surface area (Å²) in [6, 6.07) is 11.6. The Morgan fingerprint density at radius 2 is 1.81 bits per heavy atom. The number of rotatable bonds is 10. The molecule has 174 valence electrons. The quantitative estimate of drug-likeness (QED) is 0.525. The molecule has 0 atom stereocenters. The maximum atomic E-state index is 14.2. The maximum Gasteiger partial charge on any atom is 0.243 e. The zero-order chi connectivity index (χ0) is 23.0. The lowest BCUT2D eigenvalue weighted by molar-refractivity contribution is -0.121. The summed E-state index contributed by atoms with van der Waals surface area (Å²) in [5.74, 6) is -0.976. The minimum absolute atomic E-state index is 0.0154. The van der Waals surface area contributed by atoms with Gasteiger partial charge in [0.25, 0.3) is 0 Å². The number of morpholine rings is 1. The van der Waals surface area contributed by atoms with Crippen molar-refractivity contribution < 1.29 is 22.3 Å². The molecule has 2 aromatic rings. The number of hydrogen-bond donors (Lipinski definition) is 1. The summed E-state index contributed by atoms with van der Waals surface area (Å²) in [5, 5.41) is 3.16. The fourth-order valence-corrected chi connectivity index (χ4v) is 4.87. The molecule has 2 aromatic carbocycles. The Kier molecular flexibility index (Phi) is 9.01. The standard InChI is InChI=1S/C22H27ClFN3O4S/c23-19-6-8-20(9-7-19)32(29,30)27(16-18-4-1-2-5-21(18)24)17-22(28)25-10-3-11-26-12-14-31-15-13-26/h1-2,4-9H,3,10-17H2,(H,25,28). The number of ether oxygens (including phenoxy) is 1. The summed E-state index contributed by atoms with van der Waals surface area (Å²) in [5.41, 5.74) is 0.185. The predicted molar refractivity (Wildman–Crippen MR) is 120 cm³/mol.